The number of aliphatic carboxylic acids is 1. The van der Waals surface area contributed by atoms with Crippen molar-refractivity contribution >= 4 is 50.0 Å². The number of rotatable bonds is 4. The number of hydrogen-bond acceptors (Lipinski definition) is 5. The molecule has 2 heterocycles. The predicted molar refractivity (Wildman–Crippen MR) is 104 cm³/mol. The fourth-order valence-corrected chi connectivity index (χ4v) is 4.07. The van der Waals surface area contributed by atoms with Crippen molar-refractivity contribution in [2.24, 2.45) is 0 Å². The molecule has 4 aromatic rings. The lowest BCUT2D eigenvalue weighted by Gasteiger charge is -2.12. The second-order valence-electron chi connectivity index (χ2n) is 6.03. The van der Waals surface area contributed by atoms with Crippen LogP contribution < -0.4 is 11.2 Å². The number of thiazole rings is 1. The summed E-state index contributed by atoms with van der Waals surface area (Å²) in [6.45, 7) is -0.837. The summed E-state index contributed by atoms with van der Waals surface area (Å²) in [5, 5.41) is 10.2. The molecule has 0 aliphatic carbocycles. The summed E-state index contributed by atoms with van der Waals surface area (Å²) in [4.78, 5) is 41.2. The number of hydrogen-bond donors (Lipinski definition) is 1. The van der Waals surface area contributed by atoms with Crippen molar-refractivity contribution in [2.75, 3.05) is 0 Å². The molecule has 0 unspecified atom stereocenters. The maximum absolute atomic E-state index is 13.6. The van der Waals surface area contributed by atoms with Crippen LogP contribution in [-0.2, 0) is 17.9 Å². The Hall–Kier alpha value is -3.04. The molecule has 4 rings (SSSR count). The summed E-state index contributed by atoms with van der Waals surface area (Å²) < 4.78 is 16.2. The third-order valence-electron chi connectivity index (χ3n) is 4.17. The molecule has 0 saturated carbocycles. The average Bonchev–Trinajstić information content (AvgIpc) is 3.03. The molecule has 0 fully saturated rings. The van der Waals surface area contributed by atoms with E-state index in [4.69, 9.17) is 16.7 Å². The number of carbonyl (C=O) groups is 1. The smallest absolute Gasteiger partial charge is 0.332 e. The third-order valence-corrected chi connectivity index (χ3v) is 5.42. The maximum Gasteiger partial charge on any atom is 0.332 e. The Morgan fingerprint density at radius 1 is 1.18 bits per heavy atom. The minimum absolute atomic E-state index is 0.0476. The van der Waals surface area contributed by atoms with Crippen LogP contribution in [0.5, 0.6) is 0 Å². The Bertz CT molecular complexity index is 1380. The minimum atomic E-state index is -1.28. The van der Waals surface area contributed by atoms with Gasteiger partial charge in [0.1, 0.15) is 17.4 Å². The third kappa shape index (κ3) is 3.19. The van der Waals surface area contributed by atoms with Crippen LogP contribution in [0.25, 0.3) is 21.1 Å². The van der Waals surface area contributed by atoms with Gasteiger partial charge in [0.25, 0.3) is 5.56 Å². The van der Waals surface area contributed by atoms with Gasteiger partial charge in [-0.15, -0.1) is 11.3 Å². The minimum Gasteiger partial charge on any atom is -0.480 e. The van der Waals surface area contributed by atoms with Crippen LogP contribution in [0.4, 0.5) is 4.39 Å². The second kappa shape index (κ2) is 6.84. The summed E-state index contributed by atoms with van der Waals surface area (Å²) in [6, 6.07) is 8.47. The summed E-state index contributed by atoms with van der Waals surface area (Å²) in [5.74, 6) is -1.96. The van der Waals surface area contributed by atoms with Crippen LogP contribution in [0.15, 0.2) is 46.0 Å². The lowest BCUT2D eigenvalue weighted by Crippen LogP contribution is -2.41. The standard InChI is InChI=1S/C18H11ClFN3O4S/c19-9-1-4-14-12(5-9)21-15(28-14)7-23-17(26)11-3-2-10(20)6-13(11)22(18(23)27)8-16(24)25/h1-6H,7-8H2,(H,24,25). The van der Waals surface area contributed by atoms with Crippen LogP contribution in [0.1, 0.15) is 5.01 Å². The molecule has 0 spiro atoms. The second-order valence-corrected chi connectivity index (χ2v) is 7.59. The molecule has 0 atom stereocenters. The van der Waals surface area contributed by atoms with Gasteiger partial charge in [-0.1, -0.05) is 11.6 Å². The van der Waals surface area contributed by atoms with Crippen LogP contribution >= 0.6 is 22.9 Å². The van der Waals surface area contributed by atoms with E-state index in [2.05, 4.69) is 4.98 Å². The van der Waals surface area contributed by atoms with Gasteiger partial charge < -0.3 is 5.11 Å². The van der Waals surface area contributed by atoms with E-state index in [9.17, 15) is 18.8 Å². The SMILES string of the molecule is O=C(O)Cn1c(=O)n(Cc2nc3cc(Cl)ccc3s2)c(=O)c2ccc(F)cc21. The number of fused-ring (bicyclic) bond motifs is 2. The summed E-state index contributed by atoms with van der Waals surface area (Å²) in [7, 11) is 0. The molecule has 2 aromatic carbocycles. The number of nitrogens with zero attached hydrogens (tertiary/aromatic N) is 3. The van der Waals surface area contributed by atoms with Gasteiger partial charge in [-0.3, -0.25) is 18.7 Å². The van der Waals surface area contributed by atoms with E-state index in [0.29, 0.717) is 15.5 Å². The molecule has 0 saturated heterocycles. The van der Waals surface area contributed by atoms with Crippen LogP contribution in [-0.4, -0.2) is 25.2 Å². The van der Waals surface area contributed by atoms with E-state index in [0.717, 1.165) is 26.0 Å². The van der Waals surface area contributed by atoms with E-state index in [1.165, 1.54) is 17.4 Å². The topological polar surface area (TPSA) is 94.2 Å². The Morgan fingerprint density at radius 2 is 1.96 bits per heavy atom. The maximum atomic E-state index is 13.6. The first-order chi connectivity index (χ1) is 13.3. The van der Waals surface area contributed by atoms with Crippen LogP contribution in [0, 0.1) is 5.82 Å². The lowest BCUT2D eigenvalue weighted by molar-refractivity contribution is -0.137. The van der Waals surface area contributed by atoms with Crippen molar-refractivity contribution in [3.63, 3.8) is 0 Å². The highest BCUT2D eigenvalue weighted by Gasteiger charge is 2.17. The average molecular weight is 420 g/mol. The number of aromatic nitrogens is 3. The van der Waals surface area contributed by atoms with Crippen LogP contribution in [0.3, 0.4) is 0 Å². The quantitative estimate of drug-likeness (QED) is 0.549. The predicted octanol–water partition coefficient (Wildman–Crippen LogP) is 2.70. The highest BCUT2D eigenvalue weighted by atomic mass is 35.5. The molecule has 1 N–H and O–H groups in total. The largest absolute Gasteiger partial charge is 0.480 e. The monoisotopic (exact) mass is 419 g/mol. The van der Waals surface area contributed by atoms with Gasteiger partial charge in [-0.2, -0.15) is 0 Å². The van der Waals surface area contributed by atoms with Gasteiger partial charge in [-0.25, -0.2) is 14.2 Å². The number of carboxylic acid groups (broad SMARTS) is 1. The molecule has 7 nitrogen and oxygen atoms in total. The van der Waals surface area contributed by atoms with E-state index in [1.807, 2.05) is 0 Å². The first kappa shape index (κ1) is 18.3. The molecule has 0 radical (unpaired) electrons. The Kier molecular flexibility index (Phi) is 4.48. The van der Waals surface area contributed by atoms with E-state index >= 15 is 0 Å². The molecule has 0 aliphatic rings. The lowest BCUT2D eigenvalue weighted by atomic mass is 10.2. The first-order valence-electron chi connectivity index (χ1n) is 8.03. The molecular weight excluding hydrogens is 409 g/mol. The Morgan fingerprint density at radius 3 is 2.71 bits per heavy atom. The van der Waals surface area contributed by atoms with Crippen molar-refractivity contribution in [3.8, 4) is 0 Å². The highest BCUT2D eigenvalue weighted by Crippen LogP contribution is 2.25. The summed E-state index contributed by atoms with van der Waals surface area (Å²) >= 11 is 7.25. The number of benzene rings is 2. The fraction of sp³-hybridized carbons (Fsp3) is 0.111. The van der Waals surface area contributed by atoms with Gasteiger partial charge >= 0.3 is 11.7 Å². The highest BCUT2D eigenvalue weighted by molar-refractivity contribution is 7.18. The molecule has 2 aromatic heterocycles. The van der Waals surface area contributed by atoms with E-state index in [-0.39, 0.29) is 17.4 Å². The molecule has 10 heteroatoms. The van der Waals surface area contributed by atoms with Gasteiger partial charge in [0.05, 0.1) is 27.7 Å². The van der Waals surface area contributed by atoms with Gasteiger partial charge in [0.15, 0.2) is 0 Å². The molecule has 0 aliphatic heterocycles. The Labute approximate surface area is 164 Å². The number of carboxylic acids is 1. The van der Waals surface area contributed by atoms with Crippen molar-refractivity contribution in [1.29, 1.82) is 0 Å². The number of halogens is 2. The molecular formula is C18H11ClFN3O4S. The van der Waals surface area contributed by atoms with Crippen molar-refractivity contribution < 1.29 is 14.3 Å². The summed E-state index contributed by atoms with van der Waals surface area (Å²) in [5.41, 5.74) is -0.916. The zero-order valence-electron chi connectivity index (χ0n) is 14.1. The molecule has 28 heavy (non-hydrogen) atoms. The van der Waals surface area contributed by atoms with E-state index in [1.54, 1.807) is 18.2 Å². The van der Waals surface area contributed by atoms with Crippen LogP contribution in [0.2, 0.25) is 5.02 Å². The first-order valence-corrected chi connectivity index (χ1v) is 9.22. The van der Waals surface area contributed by atoms with E-state index < -0.39 is 29.6 Å². The fourth-order valence-electron chi connectivity index (χ4n) is 2.97. The zero-order chi connectivity index (χ0) is 20.0. The van der Waals surface area contributed by atoms with Crippen molar-refractivity contribution in [3.05, 3.63) is 73.1 Å². The summed E-state index contributed by atoms with van der Waals surface area (Å²) in [6.07, 6.45) is 0. The Balaban J connectivity index is 1.92. The zero-order valence-corrected chi connectivity index (χ0v) is 15.6. The van der Waals surface area contributed by atoms with Crippen molar-refractivity contribution in [2.45, 2.75) is 13.1 Å². The molecule has 0 bridgehead atoms. The van der Waals surface area contributed by atoms with Crippen molar-refractivity contribution in [1.82, 2.24) is 14.1 Å². The molecule has 0 amide bonds. The normalized spacial score (nSPS) is 11.4. The van der Waals surface area contributed by atoms with Gasteiger partial charge in [0, 0.05) is 5.02 Å². The van der Waals surface area contributed by atoms with Gasteiger partial charge in [0.2, 0.25) is 0 Å². The molecule has 142 valence electrons. The van der Waals surface area contributed by atoms with Gasteiger partial charge in [-0.05, 0) is 36.4 Å².